The molecule has 108 valence electrons. The summed E-state index contributed by atoms with van der Waals surface area (Å²) < 4.78 is 0. The second kappa shape index (κ2) is 6.51. The van der Waals surface area contributed by atoms with Gasteiger partial charge in [-0.25, -0.2) is 4.98 Å². The van der Waals surface area contributed by atoms with Gasteiger partial charge in [0, 0.05) is 17.6 Å². The van der Waals surface area contributed by atoms with E-state index in [2.05, 4.69) is 10.3 Å². The van der Waals surface area contributed by atoms with Crippen LogP contribution in [0.1, 0.15) is 15.9 Å². The van der Waals surface area contributed by atoms with E-state index < -0.39 is 10.8 Å². The second-order valence-electron chi connectivity index (χ2n) is 4.10. The summed E-state index contributed by atoms with van der Waals surface area (Å²) in [5.74, 6) is -0.545. The molecule has 0 unspecified atom stereocenters. The molecule has 6 nitrogen and oxygen atoms in total. The van der Waals surface area contributed by atoms with Crippen molar-refractivity contribution in [3.63, 3.8) is 0 Å². The monoisotopic (exact) mass is 325 g/mol. The smallest absolute Gasteiger partial charge is 0.288 e. The number of nitrogens with one attached hydrogen (secondary N) is 1. The summed E-state index contributed by atoms with van der Waals surface area (Å²) in [4.78, 5) is 25.7. The molecule has 0 fully saturated rings. The molecule has 0 saturated heterocycles. The van der Waals surface area contributed by atoms with E-state index in [1.165, 1.54) is 0 Å². The molecule has 0 aliphatic carbocycles. The summed E-state index contributed by atoms with van der Waals surface area (Å²) in [7, 11) is 0. The quantitative estimate of drug-likeness (QED) is 0.531. The number of rotatable bonds is 4. The Morgan fingerprint density at radius 3 is 2.76 bits per heavy atom. The summed E-state index contributed by atoms with van der Waals surface area (Å²) in [5, 5.41) is 13.7. The fourth-order valence-corrected chi connectivity index (χ4v) is 2.02. The lowest BCUT2D eigenvalue weighted by Crippen LogP contribution is -2.23. The van der Waals surface area contributed by atoms with Crippen LogP contribution in [0, 0.1) is 10.1 Å². The Bertz CT molecular complexity index is 707. The zero-order valence-corrected chi connectivity index (χ0v) is 12.1. The van der Waals surface area contributed by atoms with Crippen LogP contribution in [0.2, 0.25) is 10.2 Å². The van der Waals surface area contributed by atoms with Gasteiger partial charge in [0.1, 0.15) is 11.3 Å². The molecule has 1 N–H and O–H groups in total. The molecule has 1 aromatic carbocycles. The Morgan fingerprint density at radius 2 is 2.10 bits per heavy atom. The van der Waals surface area contributed by atoms with Crippen LogP contribution in [-0.4, -0.2) is 15.8 Å². The number of halogens is 2. The standard InChI is InChI=1S/C13H9Cl2N3O3/c14-9-3-1-2-8(4-9)6-17-13(19)11-5-10(18(20)21)7-16-12(11)15/h1-5,7H,6H2,(H,17,19). The van der Waals surface area contributed by atoms with Crippen LogP contribution in [-0.2, 0) is 6.54 Å². The molecule has 8 heteroatoms. The number of carbonyl (C=O) groups is 1. The van der Waals surface area contributed by atoms with E-state index in [1.807, 2.05) is 0 Å². The summed E-state index contributed by atoms with van der Waals surface area (Å²) in [5.41, 5.74) is 0.450. The molecule has 0 atom stereocenters. The highest BCUT2D eigenvalue weighted by molar-refractivity contribution is 6.32. The highest BCUT2D eigenvalue weighted by Crippen LogP contribution is 2.19. The molecule has 0 aliphatic heterocycles. The molecule has 1 amide bonds. The van der Waals surface area contributed by atoms with Crippen molar-refractivity contribution in [1.82, 2.24) is 10.3 Å². The van der Waals surface area contributed by atoms with Crippen molar-refractivity contribution in [2.45, 2.75) is 6.54 Å². The lowest BCUT2D eigenvalue weighted by Gasteiger charge is -2.06. The number of hydrogen-bond donors (Lipinski definition) is 1. The minimum atomic E-state index is -0.642. The first-order valence-corrected chi connectivity index (χ1v) is 6.55. The van der Waals surface area contributed by atoms with E-state index in [0.29, 0.717) is 5.02 Å². The molecular formula is C13H9Cl2N3O3. The van der Waals surface area contributed by atoms with E-state index in [9.17, 15) is 14.9 Å². The van der Waals surface area contributed by atoms with Gasteiger partial charge in [-0.15, -0.1) is 0 Å². The molecule has 0 saturated carbocycles. The maximum absolute atomic E-state index is 12.0. The van der Waals surface area contributed by atoms with Gasteiger partial charge in [-0.05, 0) is 17.7 Å². The van der Waals surface area contributed by atoms with E-state index in [-0.39, 0.29) is 22.9 Å². The van der Waals surface area contributed by atoms with Gasteiger partial charge in [-0.1, -0.05) is 35.3 Å². The average Bonchev–Trinajstić information content (AvgIpc) is 2.45. The first-order valence-electron chi connectivity index (χ1n) is 5.80. The number of nitrogens with zero attached hydrogens (tertiary/aromatic N) is 2. The number of pyridine rings is 1. The van der Waals surface area contributed by atoms with Gasteiger partial charge in [0.25, 0.3) is 11.6 Å². The maximum Gasteiger partial charge on any atom is 0.288 e. The van der Waals surface area contributed by atoms with Crippen LogP contribution < -0.4 is 5.32 Å². The Kier molecular flexibility index (Phi) is 4.72. The number of carbonyl (C=O) groups excluding carboxylic acids is 1. The van der Waals surface area contributed by atoms with Crippen LogP contribution in [0.3, 0.4) is 0 Å². The number of nitro groups is 1. The van der Waals surface area contributed by atoms with Crippen LogP contribution in [0.5, 0.6) is 0 Å². The first-order chi connectivity index (χ1) is 9.97. The number of benzene rings is 1. The lowest BCUT2D eigenvalue weighted by atomic mass is 10.2. The van der Waals surface area contributed by atoms with Gasteiger partial charge in [0.2, 0.25) is 0 Å². The molecule has 0 spiro atoms. The highest BCUT2D eigenvalue weighted by atomic mass is 35.5. The van der Waals surface area contributed by atoms with Crippen LogP contribution in [0.25, 0.3) is 0 Å². The molecule has 0 aliphatic rings. The van der Waals surface area contributed by atoms with Crippen molar-refractivity contribution in [3.05, 3.63) is 67.9 Å². The van der Waals surface area contributed by atoms with Crippen LogP contribution in [0.4, 0.5) is 5.69 Å². The van der Waals surface area contributed by atoms with Crippen LogP contribution in [0.15, 0.2) is 36.5 Å². The summed E-state index contributed by atoms with van der Waals surface area (Å²) in [6, 6.07) is 8.05. The lowest BCUT2D eigenvalue weighted by molar-refractivity contribution is -0.385. The Balaban J connectivity index is 2.13. The van der Waals surface area contributed by atoms with Gasteiger partial charge >= 0.3 is 0 Å². The molecule has 0 bridgehead atoms. The number of amides is 1. The van der Waals surface area contributed by atoms with Crippen LogP contribution >= 0.6 is 23.2 Å². The van der Waals surface area contributed by atoms with Gasteiger partial charge < -0.3 is 5.32 Å². The second-order valence-corrected chi connectivity index (χ2v) is 4.90. The molecular weight excluding hydrogens is 317 g/mol. The minimum absolute atomic E-state index is 0.0482. The van der Waals surface area contributed by atoms with E-state index >= 15 is 0 Å². The van der Waals surface area contributed by atoms with Crippen molar-refractivity contribution in [2.24, 2.45) is 0 Å². The predicted octanol–water partition coefficient (Wildman–Crippen LogP) is 3.23. The summed E-state index contributed by atoms with van der Waals surface area (Å²) in [6.45, 7) is 0.221. The van der Waals surface area contributed by atoms with E-state index in [4.69, 9.17) is 23.2 Å². The zero-order valence-electron chi connectivity index (χ0n) is 10.5. The Labute approximate surface area is 129 Å². The number of aromatic nitrogens is 1. The van der Waals surface area contributed by atoms with Crippen molar-refractivity contribution in [1.29, 1.82) is 0 Å². The van der Waals surface area contributed by atoms with Crippen molar-refractivity contribution >= 4 is 34.8 Å². The molecule has 1 aromatic heterocycles. The molecule has 2 aromatic rings. The minimum Gasteiger partial charge on any atom is -0.348 e. The third-order valence-corrected chi connectivity index (χ3v) is 3.16. The molecule has 1 heterocycles. The van der Waals surface area contributed by atoms with Crippen molar-refractivity contribution in [2.75, 3.05) is 0 Å². The summed E-state index contributed by atoms with van der Waals surface area (Å²) in [6.07, 6.45) is 0.996. The third kappa shape index (κ3) is 3.90. The fraction of sp³-hybridized carbons (Fsp3) is 0.0769. The Hall–Kier alpha value is -2.18. The van der Waals surface area contributed by atoms with Gasteiger partial charge in [0.15, 0.2) is 0 Å². The normalized spacial score (nSPS) is 10.2. The maximum atomic E-state index is 12.0. The van der Waals surface area contributed by atoms with Crippen molar-refractivity contribution in [3.8, 4) is 0 Å². The largest absolute Gasteiger partial charge is 0.348 e. The SMILES string of the molecule is O=C(NCc1cccc(Cl)c1)c1cc([N+](=O)[O-])cnc1Cl. The number of hydrogen-bond acceptors (Lipinski definition) is 4. The molecule has 21 heavy (non-hydrogen) atoms. The molecule has 2 rings (SSSR count). The zero-order chi connectivity index (χ0) is 15.4. The van der Waals surface area contributed by atoms with E-state index in [1.54, 1.807) is 24.3 Å². The van der Waals surface area contributed by atoms with Gasteiger partial charge in [-0.3, -0.25) is 14.9 Å². The molecule has 0 radical (unpaired) electrons. The van der Waals surface area contributed by atoms with Crippen molar-refractivity contribution < 1.29 is 9.72 Å². The fourth-order valence-electron chi connectivity index (χ4n) is 1.62. The Morgan fingerprint density at radius 1 is 1.33 bits per heavy atom. The van der Waals surface area contributed by atoms with Gasteiger partial charge in [-0.2, -0.15) is 0 Å². The van der Waals surface area contributed by atoms with Gasteiger partial charge in [0.05, 0.1) is 10.5 Å². The predicted molar refractivity (Wildman–Crippen MR) is 78.5 cm³/mol. The average molecular weight is 326 g/mol. The first kappa shape index (κ1) is 15.2. The topological polar surface area (TPSA) is 85.1 Å². The summed E-state index contributed by atoms with van der Waals surface area (Å²) >= 11 is 11.6. The van der Waals surface area contributed by atoms with E-state index in [0.717, 1.165) is 17.8 Å². The highest BCUT2D eigenvalue weighted by Gasteiger charge is 2.16. The third-order valence-electron chi connectivity index (χ3n) is 2.62.